The molecule has 0 spiro atoms. The Bertz CT molecular complexity index is 394. The monoisotopic (exact) mass is 237 g/mol. The minimum atomic E-state index is -0.895. The van der Waals surface area contributed by atoms with E-state index >= 15 is 0 Å². The summed E-state index contributed by atoms with van der Waals surface area (Å²) in [5.41, 5.74) is 1.06. The number of hydrogen-bond acceptors (Lipinski definition) is 3. The zero-order chi connectivity index (χ0) is 12.3. The van der Waals surface area contributed by atoms with Gasteiger partial charge in [0.25, 0.3) is 0 Å². The van der Waals surface area contributed by atoms with Crippen LogP contribution in [-0.4, -0.2) is 45.4 Å². The Morgan fingerprint density at radius 3 is 2.71 bits per heavy atom. The predicted molar refractivity (Wildman–Crippen MR) is 64.2 cm³/mol. The lowest BCUT2D eigenvalue weighted by atomic mass is 10.2. The number of nitrogens with zero attached hydrogens (tertiary/aromatic N) is 3. The maximum Gasteiger partial charge on any atom is 0.339 e. The number of likely N-dealkylation sites (tertiary alicyclic amines) is 1. The molecule has 0 amide bonds. The van der Waals surface area contributed by atoms with Gasteiger partial charge in [-0.3, -0.25) is 4.68 Å². The Morgan fingerprint density at radius 2 is 2.12 bits per heavy atom. The van der Waals surface area contributed by atoms with Crippen molar-refractivity contribution < 1.29 is 9.90 Å². The molecule has 1 N–H and O–H groups in total. The first-order chi connectivity index (χ1) is 8.18. The van der Waals surface area contributed by atoms with Crippen LogP contribution in [0, 0.1) is 6.92 Å². The third-order valence-electron chi connectivity index (χ3n) is 3.38. The molecule has 1 aromatic heterocycles. The summed E-state index contributed by atoms with van der Waals surface area (Å²) in [7, 11) is 0. The molecular formula is C12H19N3O2. The van der Waals surface area contributed by atoms with Gasteiger partial charge in [-0.1, -0.05) is 0 Å². The Morgan fingerprint density at radius 1 is 1.41 bits per heavy atom. The minimum Gasteiger partial charge on any atom is -0.478 e. The van der Waals surface area contributed by atoms with Gasteiger partial charge in [0.1, 0.15) is 5.56 Å². The molecule has 94 valence electrons. The van der Waals surface area contributed by atoms with Gasteiger partial charge in [-0.05, 0) is 45.8 Å². The van der Waals surface area contributed by atoms with Crippen LogP contribution >= 0.6 is 0 Å². The molecule has 1 fully saturated rings. The van der Waals surface area contributed by atoms with E-state index in [9.17, 15) is 4.79 Å². The number of aryl methyl sites for hydroxylation is 1. The van der Waals surface area contributed by atoms with Gasteiger partial charge in [0.15, 0.2) is 0 Å². The fourth-order valence-corrected chi connectivity index (χ4v) is 2.33. The first-order valence-electron chi connectivity index (χ1n) is 6.16. The molecular weight excluding hydrogens is 218 g/mol. The topological polar surface area (TPSA) is 58.4 Å². The first kappa shape index (κ1) is 12.1. The van der Waals surface area contributed by atoms with E-state index in [0.717, 1.165) is 25.2 Å². The molecule has 0 bridgehead atoms. The SMILES string of the molecule is Cc1c(C(=O)O)cnn1CCCN1CCCC1. The molecule has 0 unspecified atom stereocenters. The Kier molecular flexibility index (Phi) is 3.78. The number of aromatic carboxylic acids is 1. The second-order valence-corrected chi connectivity index (χ2v) is 4.57. The van der Waals surface area contributed by atoms with E-state index in [4.69, 9.17) is 5.11 Å². The third-order valence-corrected chi connectivity index (χ3v) is 3.38. The number of carbonyl (C=O) groups is 1. The molecule has 0 radical (unpaired) electrons. The van der Waals surface area contributed by atoms with Crippen molar-refractivity contribution in [1.29, 1.82) is 0 Å². The van der Waals surface area contributed by atoms with Gasteiger partial charge >= 0.3 is 5.97 Å². The standard InChI is InChI=1S/C12H19N3O2/c1-10-11(12(16)17)9-13-15(10)8-4-7-14-5-2-3-6-14/h9H,2-8H2,1H3,(H,16,17). The maximum atomic E-state index is 10.9. The normalized spacial score (nSPS) is 16.5. The summed E-state index contributed by atoms with van der Waals surface area (Å²) >= 11 is 0. The maximum absolute atomic E-state index is 10.9. The summed E-state index contributed by atoms with van der Waals surface area (Å²) < 4.78 is 1.79. The smallest absolute Gasteiger partial charge is 0.339 e. The molecule has 2 rings (SSSR count). The van der Waals surface area contributed by atoms with Crippen LogP contribution in [0.3, 0.4) is 0 Å². The molecule has 0 aromatic carbocycles. The zero-order valence-electron chi connectivity index (χ0n) is 10.2. The molecule has 1 saturated heterocycles. The van der Waals surface area contributed by atoms with E-state index < -0.39 is 5.97 Å². The molecule has 1 aromatic rings. The van der Waals surface area contributed by atoms with Crippen molar-refractivity contribution >= 4 is 5.97 Å². The average Bonchev–Trinajstić information content (AvgIpc) is 2.89. The number of hydrogen-bond donors (Lipinski definition) is 1. The summed E-state index contributed by atoms with van der Waals surface area (Å²) in [6.45, 7) is 6.11. The van der Waals surface area contributed by atoms with Crippen molar-refractivity contribution in [3.8, 4) is 0 Å². The summed E-state index contributed by atoms with van der Waals surface area (Å²) in [6, 6.07) is 0. The summed E-state index contributed by atoms with van der Waals surface area (Å²) in [4.78, 5) is 13.3. The third kappa shape index (κ3) is 2.85. The fraction of sp³-hybridized carbons (Fsp3) is 0.667. The molecule has 5 heteroatoms. The Labute approximate surface area is 101 Å². The van der Waals surface area contributed by atoms with Crippen LogP contribution in [0.25, 0.3) is 0 Å². The van der Waals surface area contributed by atoms with Gasteiger partial charge in [-0.25, -0.2) is 4.79 Å². The predicted octanol–water partition coefficient (Wildman–Crippen LogP) is 1.38. The van der Waals surface area contributed by atoms with Crippen molar-refractivity contribution in [1.82, 2.24) is 14.7 Å². The lowest BCUT2D eigenvalue weighted by Crippen LogP contribution is -2.21. The highest BCUT2D eigenvalue weighted by molar-refractivity contribution is 5.88. The van der Waals surface area contributed by atoms with E-state index in [-0.39, 0.29) is 0 Å². The van der Waals surface area contributed by atoms with Crippen LogP contribution in [0.15, 0.2) is 6.20 Å². The van der Waals surface area contributed by atoms with E-state index in [2.05, 4.69) is 10.00 Å². The van der Waals surface area contributed by atoms with Gasteiger partial charge < -0.3 is 10.0 Å². The highest BCUT2D eigenvalue weighted by Crippen LogP contribution is 2.10. The van der Waals surface area contributed by atoms with Crippen LogP contribution in [0.4, 0.5) is 0 Å². The van der Waals surface area contributed by atoms with Gasteiger partial charge in [-0.2, -0.15) is 5.10 Å². The lowest BCUT2D eigenvalue weighted by Gasteiger charge is -2.14. The quantitative estimate of drug-likeness (QED) is 0.840. The molecule has 0 saturated carbocycles. The molecule has 17 heavy (non-hydrogen) atoms. The molecule has 0 aliphatic carbocycles. The summed E-state index contributed by atoms with van der Waals surface area (Å²) in [5.74, 6) is -0.895. The van der Waals surface area contributed by atoms with Crippen LogP contribution in [0.1, 0.15) is 35.3 Å². The van der Waals surface area contributed by atoms with Crippen LogP contribution in [-0.2, 0) is 6.54 Å². The second kappa shape index (κ2) is 5.31. The van der Waals surface area contributed by atoms with Crippen molar-refractivity contribution in [3.05, 3.63) is 17.5 Å². The van der Waals surface area contributed by atoms with E-state index in [1.54, 1.807) is 4.68 Å². The Balaban J connectivity index is 1.84. The molecule has 0 atom stereocenters. The number of carboxylic acid groups (broad SMARTS) is 1. The minimum absolute atomic E-state index is 0.311. The van der Waals surface area contributed by atoms with Crippen molar-refractivity contribution in [3.63, 3.8) is 0 Å². The Hall–Kier alpha value is -1.36. The van der Waals surface area contributed by atoms with Crippen LogP contribution in [0.5, 0.6) is 0 Å². The fourth-order valence-electron chi connectivity index (χ4n) is 2.33. The van der Waals surface area contributed by atoms with Crippen molar-refractivity contribution in [2.75, 3.05) is 19.6 Å². The van der Waals surface area contributed by atoms with E-state index in [0.29, 0.717) is 5.56 Å². The zero-order valence-corrected chi connectivity index (χ0v) is 10.2. The van der Waals surface area contributed by atoms with Crippen molar-refractivity contribution in [2.24, 2.45) is 0 Å². The van der Waals surface area contributed by atoms with Gasteiger partial charge in [0.05, 0.1) is 6.20 Å². The average molecular weight is 237 g/mol. The molecule has 1 aliphatic rings. The van der Waals surface area contributed by atoms with Crippen molar-refractivity contribution in [2.45, 2.75) is 32.7 Å². The first-order valence-corrected chi connectivity index (χ1v) is 6.16. The van der Waals surface area contributed by atoms with Crippen LogP contribution < -0.4 is 0 Å². The summed E-state index contributed by atoms with van der Waals surface area (Å²) in [5, 5.41) is 13.0. The van der Waals surface area contributed by atoms with E-state index in [1.807, 2.05) is 6.92 Å². The molecule has 1 aliphatic heterocycles. The second-order valence-electron chi connectivity index (χ2n) is 4.57. The largest absolute Gasteiger partial charge is 0.478 e. The summed E-state index contributed by atoms with van der Waals surface area (Å²) in [6.07, 6.45) is 5.09. The highest BCUT2D eigenvalue weighted by atomic mass is 16.4. The van der Waals surface area contributed by atoms with Gasteiger partial charge in [0.2, 0.25) is 0 Å². The van der Waals surface area contributed by atoms with E-state index in [1.165, 1.54) is 32.1 Å². The number of aromatic nitrogens is 2. The molecule has 5 nitrogen and oxygen atoms in total. The van der Waals surface area contributed by atoms with Crippen LogP contribution in [0.2, 0.25) is 0 Å². The van der Waals surface area contributed by atoms with Gasteiger partial charge in [0, 0.05) is 12.2 Å². The highest BCUT2D eigenvalue weighted by Gasteiger charge is 2.14. The lowest BCUT2D eigenvalue weighted by molar-refractivity contribution is 0.0696. The van der Waals surface area contributed by atoms with Gasteiger partial charge in [-0.15, -0.1) is 0 Å². The number of rotatable bonds is 5. The number of carboxylic acids is 1. The molecule has 2 heterocycles.